The summed E-state index contributed by atoms with van der Waals surface area (Å²) in [7, 11) is 0. The third kappa shape index (κ3) is 4.48. The summed E-state index contributed by atoms with van der Waals surface area (Å²) in [6.45, 7) is 7.38. The first-order valence-electron chi connectivity index (χ1n) is 9.99. The van der Waals surface area contributed by atoms with E-state index in [1.807, 2.05) is 18.2 Å². The van der Waals surface area contributed by atoms with E-state index in [4.69, 9.17) is 4.74 Å². The van der Waals surface area contributed by atoms with Crippen LogP contribution in [0.3, 0.4) is 0 Å². The average Bonchev–Trinajstić information content (AvgIpc) is 2.67. The second-order valence-electron chi connectivity index (χ2n) is 8.28. The molecule has 2 heteroatoms. The molecule has 1 N–H and O–H groups in total. The molecule has 0 unspecified atom stereocenters. The van der Waals surface area contributed by atoms with E-state index in [0.29, 0.717) is 12.5 Å². The monoisotopic (exact) mass is 352 g/mol. The maximum absolute atomic E-state index is 10.1. The molecule has 1 aliphatic carbocycles. The van der Waals surface area contributed by atoms with Gasteiger partial charge < -0.3 is 9.84 Å². The molecule has 0 heterocycles. The molecular weight excluding hydrogens is 320 g/mol. The molecule has 0 amide bonds. The lowest BCUT2D eigenvalue weighted by Gasteiger charge is -2.30. The summed E-state index contributed by atoms with van der Waals surface area (Å²) in [4.78, 5) is 0. The Morgan fingerprint density at radius 2 is 1.85 bits per heavy atom. The molecule has 2 aromatic rings. The highest BCUT2D eigenvalue weighted by Crippen LogP contribution is 2.40. The molecule has 0 aliphatic heterocycles. The summed E-state index contributed by atoms with van der Waals surface area (Å²) in [5.41, 5.74) is 3.90. The van der Waals surface area contributed by atoms with E-state index in [-0.39, 0.29) is 11.5 Å². The largest absolute Gasteiger partial charge is 0.489 e. The fourth-order valence-corrected chi connectivity index (χ4v) is 3.80. The minimum atomic E-state index is -0.178. The zero-order valence-corrected chi connectivity index (χ0v) is 16.4. The van der Waals surface area contributed by atoms with Gasteiger partial charge in [-0.3, -0.25) is 0 Å². The topological polar surface area (TPSA) is 29.5 Å². The molecule has 1 fully saturated rings. The van der Waals surface area contributed by atoms with Crippen LogP contribution in [0.4, 0.5) is 0 Å². The molecule has 1 aliphatic rings. The van der Waals surface area contributed by atoms with Crippen LogP contribution in [0.5, 0.6) is 5.75 Å². The molecule has 140 valence electrons. The maximum Gasteiger partial charge on any atom is 0.123 e. The maximum atomic E-state index is 10.1. The first-order valence-corrected chi connectivity index (χ1v) is 9.99. The standard InChI is InChI=1S/C24H32O2/c1-4-24(2,3)20-13-14-22(19-11-8-12-21(25)15-19)23(16-20)26-17-18-9-6-5-7-10-18/h5-7,9-10,13-14,16,19,21,25H,4,8,11-12,15,17H2,1-3H3/t19-,21-/m0/s1. The van der Waals surface area contributed by atoms with E-state index in [9.17, 15) is 5.11 Å². The summed E-state index contributed by atoms with van der Waals surface area (Å²) >= 11 is 0. The predicted molar refractivity (Wildman–Crippen MR) is 108 cm³/mol. The van der Waals surface area contributed by atoms with E-state index in [1.165, 1.54) is 16.7 Å². The normalized spacial score (nSPS) is 20.8. The van der Waals surface area contributed by atoms with Crippen molar-refractivity contribution in [1.82, 2.24) is 0 Å². The minimum Gasteiger partial charge on any atom is -0.489 e. The van der Waals surface area contributed by atoms with Gasteiger partial charge in [0.05, 0.1) is 6.10 Å². The highest BCUT2D eigenvalue weighted by molar-refractivity contribution is 5.43. The number of aliphatic hydroxyl groups excluding tert-OH is 1. The number of rotatable bonds is 6. The molecule has 0 bridgehead atoms. The molecule has 3 rings (SSSR count). The quantitative estimate of drug-likeness (QED) is 0.694. The van der Waals surface area contributed by atoms with Crippen LogP contribution in [0.15, 0.2) is 48.5 Å². The number of hydrogen-bond acceptors (Lipinski definition) is 2. The number of benzene rings is 2. The summed E-state index contributed by atoms with van der Waals surface area (Å²) in [5.74, 6) is 1.38. The van der Waals surface area contributed by atoms with Crippen molar-refractivity contribution in [3.8, 4) is 5.75 Å². The Bertz CT molecular complexity index is 705. The predicted octanol–water partition coefficient (Wildman–Crippen LogP) is 5.97. The lowest BCUT2D eigenvalue weighted by atomic mass is 9.78. The molecule has 0 aromatic heterocycles. The fraction of sp³-hybridized carbons (Fsp3) is 0.500. The first-order chi connectivity index (χ1) is 12.5. The Balaban J connectivity index is 1.89. The van der Waals surface area contributed by atoms with Crippen LogP contribution in [0.1, 0.15) is 75.5 Å². The van der Waals surface area contributed by atoms with E-state index in [2.05, 4.69) is 51.1 Å². The molecule has 1 saturated carbocycles. The summed E-state index contributed by atoms with van der Waals surface area (Å²) in [5, 5.41) is 10.1. The zero-order chi connectivity index (χ0) is 18.6. The number of aliphatic hydroxyl groups is 1. The molecule has 2 atom stereocenters. The second-order valence-corrected chi connectivity index (χ2v) is 8.28. The van der Waals surface area contributed by atoms with Crippen molar-refractivity contribution in [2.75, 3.05) is 0 Å². The first kappa shape index (κ1) is 19.0. The van der Waals surface area contributed by atoms with Crippen LogP contribution in [-0.4, -0.2) is 11.2 Å². The van der Waals surface area contributed by atoms with Crippen LogP contribution in [0.2, 0.25) is 0 Å². The number of ether oxygens (including phenoxy) is 1. The summed E-state index contributed by atoms with van der Waals surface area (Å²) in [6, 6.07) is 17.1. The Hall–Kier alpha value is -1.80. The van der Waals surface area contributed by atoms with Gasteiger partial charge in [-0.2, -0.15) is 0 Å². The summed E-state index contributed by atoms with van der Waals surface area (Å²) in [6.07, 6.45) is 4.91. The summed E-state index contributed by atoms with van der Waals surface area (Å²) < 4.78 is 6.31. The van der Waals surface area contributed by atoms with Crippen molar-refractivity contribution in [1.29, 1.82) is 0 Å². The average molecular weight is 353 g/mol. The van der Waals surface area contributed by atoms with Gasteiger partial charge in [0, 0.05) is 0 Å². The van der Waals surface area contributed by atoms with Crippen LogP contribution < -0.4 is 4.74 Å². The van der Waals surface area contributed by atoms with Gasteiger partial charge in [0.2, 0.25) is 0 Å². The van der Waals surface area contributed by atoms with Crippen molar-refractivity contribution < 1.29 is 9.84 Å². The van der Waals surface area contributed by atoms with Crippen molar-refractivity contribution in [2.24, 2.45) is 0 Å². The van der Waals surface area contributed by atoms with Gasteiger partial charge >= 0.3 is 0 Å². The molecular formula is C24H32O2. The van der Waals surface area contributed by atoms with Gasteiger partial charge in [0.25, 0.3) is 0 Å². The van der Waals surface area contributed by atoms with E-state index >= 15 is 0 Å². The van der Waals surface area contributed by atoms with Gasteiger partial charge in [-0.1, -0.05) is 69.7 Å². The fourth-order valence-electron chi connectivity index (χ4n) is 3.80. The Morgan fingerprint density at radius 3 is 2.54 bits per heavy atom. The minimum absolute atomic E-state index is 0.134. The van der Waals surface area contributed by atoms with Crippen LogP contribution in [0, 0.1) is 0 Å². The van der Waals surface area contributed by atoms with Crippen molar-refractivity contribution in [2.45, 2.75) is 76.9 Å². The Kier molecular flexibility index (Phi) is 6.03. The van der Waals surface area contributed by atoms with Gasteiger partial charge in [-0.25, -0.2) is 0 Å². The highest BCUT2D eigenvalue weighted by Gasteiger charge is 2.26. The molecule has 2 aromatic carbocycles. The van der Waals surface area contributed by atoms with Gasteiger partial charge in [0.15, 0.2) is 0 Å². The van der Waals surface area contributed by atoms with Gasteiger partial charge in [-0.05, 0) is 59.8 Å². The molecule has 26 heavy (non-hydrogen) atoms. The van der Waals surface area contributed by atoms with Crippen LogP contribution >= 0.6 is 0 Å². The zero-order valence-electron chi connectivity index (χ0n) is 16.4. The Morgan fingerprint density at radius 1 is 1.08 bits per heavy atom. The Labute approximate surface area is 158 Å². The molecule has 2 nitrogen and oxygen atoms in total. The van der Waals surface area contributed by atoms with E-state index in [0.717, 1.165) is 37.9 Å². The van der Waals surface area contributed by atoms with Crippen LogP contribution in [0.25, 0.3) is 0 Å². The van der Waals surface area contributed by atoms with Crippen LogP contribution in [-0.2, 0) is 12.0 Å². The smallest absolute Gasteiger partial charge is 0.123 e. The van der Waals surface area contributed by atoms with E-state index < -0.39 is 0 Å². The molecule has 0 saturated heterocycles. The van der Waals surface area contributed by atoms with Gasteiger partial charge in [0.1, 0.15) is 12.4 Å². The molecule has 0 radical (unpaired) electrons. The lowest BCUT2D eigenvalue weighted by Crippen LogP contribution is -2.20. The number of hydrogen-bond donors (Lipinski definition) is 1. The third-order valence-electron chi connectivity index (χ3n) is 6.00. The van der Waals surface area contributed by atoms with Crippen molar-refractivity contribution in [3.05, 3.63) is 65.2 Å². The van der Waals surface area contributed by atoms with Crippen molar-refractivity contribution >= 4 is 0 Å². The highest BCUT2D eigenvalue weighted by atomic mass is 16.5. The van der Waals surface area contributed by atoms with E-state index in [1.54, 1.807) is 0 Å². The van der Waals surface area contributed by atoms with Crippen molar-refractivity contribution in [3.63, 3.8) is 0 Å². The second kappa shape index (κ2) is 8.26. The van der Waals surface area contributed by atoms with Gasteiger partial charge in [-0.15, -0.1) is 0 Å². The third-order valence-corrected chi connectivity index (χ3v) is 6.00. The lowest BCUT2D eigenvalue weighted by molar-refractivity contribution is 0.118. The molecule has 0 spiro atoms. The SMILES string of the molecule is CCC(C)(C)c1ccc([C@H]2CCC[C@H](O)C2)c(OCc2ccccc2)c1.